The summed E-state index contributed by atoms with van der Waals surface area (Å²) in [6, 6.07) is 7.81. The van der Waals surface area contributed by atoms with Crippen LogP contribution in [-0.2, 0) is 0 Å². The molecule has 1 heteroatoms. The molecule has 1 N–H and O–H groups in total. The summed E-state index contributed by atoms with van der Waals surface area (Å²) in [5, 5.41) is 4.04. The van der Waals surface area contributed by atoms with Crippen LogP contribution in [0.3, 0.4) is 0 Å². The van der Waals surface area contributed by atoms with Gasteiger partial charge in [-0.3, -0.25) is 0 Å². The molecule has 48 valence electrons. The highest BCUT2D eigenvalue weighted by Gasteiger charge is 1.95. The van der Waals surface area contributed by atoms with Crippen LogP contribution in [0.25, 0.3) is 0 Å². The Hall–Kier alpha value is -0.820. The van der Waals surface area contributed by atoms with Gasteiger partial charge >= 0.3 is 0 Å². The number of benzene rings is 1. The fraction of sp³-hybridized carbons (Fsp3) is 0.250. The predicted octanol–water partition coefficient (Wildman–Crippen LogP) is 1.74. The summed E-state index contributed by atoms with van der Waals surface area (Å²) in [6.07, 6.45) is -2.31. The lowest BCUT2D eigenvalue weighted by Gasteiger charge is -2.00. The zero-order valence-corrected chi connectivity index (χ0v) is 4.79. The van der Waals surface area contributed by atoms with Gasteiger partial charge in [0.05, 0.1) is 7.45 Å². The molecule has 0 radical (unpaired) electrons. The average molecular weight is 127 g/mol. The Morgan fingerprint density at radius 1 is 1.67 bits per heavy atom. The Bertz CT molecular complexity index is 296. The number of hydrogen-bond donors (Lipinski definition) is 1. The minimum Gasteiger partial charge on any atom is -0.389 e. The van der Waals surface area contributed by atoms with Gasteiger partial charge in [0, 0.05) is 4.11 Å². The highest BCUT2D eigenvalue weighted by atomic mass is 16.3. The van der Waals surface area contributed by atoms with E-state index in [1.54, 1.807) is 18.2 Å². The zero-order valence-electron chi connectivity index (χ0n) is 9.79. The van der Waals surface area contributed by atoms with Gasteiger partial charge in [0.25, 0.3) is 0 Å². The molecule has 1 unspecified atom stereocenters. The first-order chi connectivity index (χ1) is 6.42. The second kappa shape index (κ2) is 2.65. The molecule has 9 heavy (non-hydrogen) atoms. The van der Waals surface area contributed by atoms with E-state index in [2.05, 4.69) is 5.11 Å². The van der Waals surface area contributed by atoms with E-state index in [9.17, 15) is 0 Å². The van der Waals surface area contributed by atoms with Crippen molar-refractivity contribution in [2.75, 3.05) is 0 Å². The molecule has 0 heterocycles. The van der Waals surface area contributed by atoms with Crippen molar-refractivity contribution in [1.82, 2.24) is 0 Å². The molecule has 1 atom stereocenters. The molecule has 1 aromatic carbocycles. The lowest BCUT2D eigenvalue weighted by molar-refractivity contribution is 0.199. The van der Waals surface area contributed by atoms with E-state index in [4.69, 9.17) is 6.91 Å². The van der Waals surface area contributed by atoms with E-state index in [1.165, 1.54) is 12.1 Å². The van der Waals surface area contributed by atoms with E-state index in [-0.39, 0.29) is 5.56 Å². The lowest BCUT2D eigenvalue weighted by atomic mass is 10.1. The summed E-state index contributed by atoms with van der Waals surface area (Å²) in [5.74, 6) is 0. The van der Waals surface area contributed by atoms with Crippen molar-refractivity contribution in [3.8, 4) is 0 Å². The van der Waals surface area contributed by atoms with Crippen LogP contribution < -0.4 is 0 Å². The molecule has 0 aliphatic rings. The average Bonchev–Trinajstić information content (AvgIpc) is 2.16. The van der Waals surface area contributed by atoms with Gasteiger partial charge in [-0.15, -0.1) is 0 Å². The fourth-order valence-corrected chi connectivity index (χ4v) is 0.590. The third-order valence-corrected chi connectivity index (χ3v) is 1.04. The Morgan fingerprint density at radius 2 is 2.44 bits per heavy atom. The van der Waals surface area contributed by atoms with Crippen LogP contribution >= 0.6 is 0 Å². The third kappa shape index (κ3) is 1.54. The minimum absolute atomic E-state index is 0.148. The normalized spacial score (nSPS) is 26.0. The number of rotatable bonds is 2. The topological polar surface area (TPSA) is 20.2 Å². The van der Waals surface area contributed by atoms with Crippen LogP contribution in [0.2, 0.25) is 0 Å². The van der Waals surface area contributed by atoms with E-state index < -0.39 is 12.9 Å². The molecule has 0 spiro atoms. The van der Waals surface area contributed by atoms with E-state index >= 15 is 0 Å². The van der Waals surface area contributed by atoms with Crippen LogP contribution in [0.4, 0.5) is 0 Å². The van der Waals surface area contributed by atoms with Crippen molar-refractivity contribution < 1.29 is 10.6 Å². The fourth-order valence-electron chi connectivity index (χ4n) is 0.590. The first kappa shape index (κ1) is 2.43. The van der Waals surface area contributed by atoms with Gasteiger partial charge in [0.1, 0.15) is 0 Å². The van der Waals surface area contributed by atoms with Gasteiger partial charge in [0.15, 0.2) is 0 Å². The van der Waals surface area contributed by atoms with Crippen molar-refractivity contribution in [3.63, 3.8) is 0 Å². The van der Waals surface area contributed by atoms with Crippen molar-refractivity contribution >= 4 is 0 Å². The van der Waals surface area contributed by atoms with Crippen molar-refractivity contribution in [3.05, 3.63) is 35.9 Å². The van der Waals surface area contributed by atoms with Gasteiger partial charge in [0.2, 0.25) is 1.43 Å². The maximum Gasteiger partial charge on any atom is 0.211 e. The molecule has 0 saturated carbocycles. The molecule has 1 nitrogen and oxygen atoms in total. The molecule has 0 bridgehead atoms. The summed E-state index contributed by atoms with van der Waals surface area (Å²) in [7, 11) is 0. The van der Waals surface area contributed by atoms with Crippen molar-refractivity contribution in [2.45, 2.75) is 12.9 Å². The third-order valence-electron chi connectivity index (χ3n) is 1.04. The maximum absolute atomic E-state index is 7.59. The van der Waals surface area contributed by atoms with E-state index in [0.717, 1.165) is 0 Å². The second-order valence-corrected chi connectivity index (χ2v) is 1.70. The molecule has 1 rings (SSSR count). The van der Waals surface area contributed by atoms with Gasteiger partial charge < -0.3 is 5.11 Å². The summed E-state index contributed by atoms with van der Waals surface area (Å²) in [6.45, 7) is -2.68. The Morgan fingerprint density at radius 3 is 3.00 bits per heavy atom. The minimum atomic E-state index is -2.68. The van der Waals surface area contributed by atoms with Crippen molar-refractivity contribution in [1.29, 1.82) is 1.43 Å². The molecule has 0 aromatic heterocycles. The van der Waals surface area contributed by atoms with E-state index in [1.807, 2.05) is 0 Å². The predicted molar refractivity (Wildman–Crippen MR) is 37.1 cm³/mol. The first-order valence-corrected chi connectivity index (χ1v) is 2.61. The Labute approximate surface area is 62.1 Å². The first-order valence-electron chi connectivity index (χ1n) is 5.02. The molecular weight excluding hydrogens is 112 g/mol. The molecular formula is C8H10O. The van der Waals surface area contributed by atoms with Crippen LogP contribution in [0.1, 0.15) is 24.0 Å². The SMILES string of the molecule is [2H]OC([2H])(c1ccccc1)C([2H])([2H])[2H]. The van der Waals surface area contributed by atoms with Gasteiger partial charge in [-0.25, -0.2) is 0 Å². The summed E-state index contributed by atoms with van der Waals surface area (Å²) in [5.41, 5.74) is 0.148. The van der Waals surface area contributed by atoms with Crippen molar-refractivity contribution in [2.24, 2.45) is 0 Å². The van der Waals surface area contributed by atoms with Crippen LogP contribution in [0.15, 0.2) is 30.3 Å². The number of hydrogen-bond acceptors (Lipinski definition) is 1. The Balaban J connectivity index is 3.15. The highest BCUT2D eigenvalue weighted by Crippen LogP contribution is 2.08. The summed E-state index contributed by atoms with van der Waals surface area (Å²) < 4.78 is 35.7. The maximum atomic E-state index is 7.59. The van der Waals surface area contributed by atoms with Gasteiger partial charge in [-0.1, -0.05) is 30.3 Å². The lowest BCUT2D eigenvalue weighted by Crippen LogP contribution is -1.87. The number of aliphatic hydroxyl groups is 1. The molecule has 0 aliphatic carbocycles. The van der Waals surface area contributed by atoms with Crippen LogP contribution in [-0.4, -0.2) is 6.54 Å². The monoisotopic (exact) mass is 127 g/mol. The quantitative estimate of drug-likeness (QED) is 0.641. The Kier molecular flexibility index (Phi) is 0.714. The zero-order chi connectivity index (χ0) is 10.8. The summed E-state index contributed by atoms with van der Waals surface area (Å²) >= 11 is 0. The van der Waals surface area contributed by atoms with Gasteiger partial charge in [-0.05, 0) is 12.4 Å². The highest BCUT2D eigenvalue weighted by molar-refractivity contribution is 5.16. The summed E-state index contributed by atoms with van der Waals surface area (Å²) in [4.78, 5) is 0. The van der Waals surface area contributed by atoms with Crippen LogP contribution in [0.5, 0.6) is 0 Å². The molecule has 0 aliphatic heterocycles. The van der Waals surface area contributed by atoms with Gasteiger partial charge in [-0.2, -0.15) is 0 Å². The second-order valence-electron chi connectivity index (χ2n) is 1.70. The smallest absolute Gasteiger partial charge is 0.211 e. The molecule has 0 amide bonds. The molecule has 1 aromatic rings. The van der Waals surface area contributed by atoms with Crippen LogP contribution in [0, 0.1) is 0 Å². The molecule has 0 fully saturated rings. The molecule has 0 saturated heterocycles. The largest absolute Gasteiger partial charge is 0.389 e. The van der Waals surface area contributed by atoms with E-state index in [0.29, 0.717) is 0 Å². The standard InChI is InChI=1S/C8H10O/c1-7(9)8-5-3-2-4-6-8/h2-7,9H,1H3/i1D3,7D,9D.